The van der Waals surface area contributed by atoms with Gasteiger partial charge in [0.2, 0.25) is 0 Å². The van der Waals surface area contributed by atoms with Crippen molar-refractivity contribution < 1.29 is 9.84 Å². The SMILES string of the molecule is CC(C)c1ccc(OCCC2CCCC2O)cc1. The Balaban J connectivity index is 1.76. The van der Waals surface area contributed by atoms with Crippen LogP contribution >= 0.6 is 0 Å². The van der Waals surface area contributed by atoms with Gasteiger partial charge in [0.1, 0.15) is 5.75 Å². The lowest BCUT2D eigenvalue weighted by atomic mass is 10.0. The molecule has 2 nitrogen and oxygen atoms in total. The van der Waals surface area contributed by atoms with Crippen molar-refractivity contribution in [3.8, 4) is 5.75 Å². The highest BCUT2D eigenvalue weighted by Crippen LogP contribution is 2.28. The number of aliphatic hydroxyl groups is 1. The largest absolute Gasteiger partial charge is 0.494 e. The van der Waals surface area contributed by atoms with Gasteiger partial charge in [-0.15, -0.1) is 0 Å². The highest BCUT2D eigenvalue weighted by molar-refractivity contribution is 5.28. The molecule has 0 saturated heterocycles. The average Bonchev–Trinajstić information content (AvgIpc) is 2.76. The predicted octanol–water partition coefficient (Wildman–Crippen LogP) is 3.74. The molecule has 1 aromatic carbocycles. The fourth-order valence-corrected chi connectivity index (χ4v) is 2.63. The molecule has 0 aliphatic heterocycles. The minimum absolute atomic E-state index is 0.100. The van der Waals surface area contributed by atoms with E-state index in [1.54, 1.807) is 0 Å². The molecule has 1 saturated carbocycles. The van der Waals surface area contributed by atoms with Crippen molar-refractivity contribution in [1.82, 2.24) is 0 Å². The van der Waals surface area contributed by atoms with E-state index in [0.717, 1.165) is 31.4 Å². The second-order valence-corrected chi connectivity index (χ2v) is 5.62. The van der Waals surface area contributed by atoms with Gasteiger partial charge in [-0.1, -0.05) is 32.4 Å². The lowest BCUT2D eigenvalue weighted by Crippen LogP contribution is -2.16. The molecule has 1 aliphatic carbocycles. The maximum absolute atomic E-state index is 9.73. The topological polar surface area (TPSA) is 29.5 Å². The van der Waals surface area contributed by atoms with Gasteiger partial charge in [-0.3, -0.25) is 0 Å². The summed E-state index contributed by atoms with van der Waals surface area (Å²) in [4.78, 5) is 0. The minimum Gasteiger partial charge on any atom is -0.494 e. The first-order valence-corrected chi connectivity index (χ1v) is 7.07. The lowest BCUT2D eigenvalue weighted by molar-refractivity contribution is 0.117. The first-order valence-electron chi connectivity index (χ1n) is 7.07. The molecular weight excluding hydrogens is 224 g/mol. The molecule has 0 heterocycles. The highest BCUT2D eigenvalue weighted by atomic mass is 16.5. The summed E-state index contributed by atoms with van der Waals surface area (Å²) in [6, 6.07) is 8.34. The Morgan fingerprint density at radius 2 is 1.94 bits per heavy atom. The zero-order chi connectivity index (χ0) is 13.0. The molecule has 1 N–H and O–H groups in total. The van der Waals surface area contributed by atoms with Crippen molar-refractivity contribution in [2.24, 2.45) is 5.92 Å². The fraction of sp³-hybridized carbons (Fsp3) is 0.625. The van der Waals surface area contributed by atoms with Crippen LogP contribution in [0.15, 0.2) is 24.3 Å². The van der Waals surface area contributed by atoms with Crippen LogP contribution in [0.5, 0.6) is 5.75 Å². The first kappa shape index (κ1) is 13.4. The Kier molecular flexibility index (Phi) is 4.65. The maximum Gasteiger partial charge on any atom is 0.119 e. The number of rotatable bonds is 5. The third-order valence-electron chi connectivity index (χ3n) is 3.92. The van der Waals surface area contributed by atoms with Crippen LogP contribution in [0.4, 0.5) is 0 Å². The third-order valence-corrected chi connectivity index (χ3v) is 3.92. The van der Waals surface area contributed by atoms with E-state index in [1.807, 2.05) is 12.1 Å². The van der Waals surface area contributed by atoms with Crippen molar-refractivity contribution in [1.29, 1.82) is 0 Å². The van der Waals surface area contributed by atoms with Crippen molar-refractivity contribution >= 4 is 0 Å². The van der Waals surface area contributed by atoms with Gasteiger partial charge in [0, 0.05) is 0 Å². The van der Waals surface area contributed by atoms with Crippen molar-refractivity contribution in [3.05, 3.63) is 29.8 Å². The van der Waals surface area contributed by atoms with Gasteiger partial charge < -0.3 is 9.84 Å². The molecule has 0 aromatic heterocycles. The lowest BCUT2D eigenvalue weighted by Gasteiger charge is -2.15. The van der Waals surface area contributed by atoms with Crippen LogP contribution in [0.2, 0.25) is 0 Å². The molecule has 1 aromatic rings. The Labute approximate surface area is 110 Å². The van der Waals surface area contributed by atoms with Gasteiger partial charge in [-0.05, 0) is 48.8 Å². The normalized spacial score (nSPS) is 23.6. The van der Waals surface area contributed by atoms with E-state index in [0.29, 0.717) is 18.4 Å². The standard InChI is InChI=1S/C16H24O2/c1-12(2)13-6-8-15(9-7-13)18-11-10-14-4-3-5-16(14)17/h6-9,12,14,16-17H,3-5,10-11H2,1-2H3. The Bertz CT molecular complexity index is 356. The van der Waals surface area contributed by atoms with Crippen LogP contribution < -0.4 is 4.74 Å². The Hall–Kier alpha value is -1.02. The fourth-order valence-electron chi connectivity index (χ4n) is 2.63. The molecule has 0 spiro atoms. The van der Waals surface area contributed by atoms with E-state index in [2.05, 4.69) is 26.0 Å². The van der Waals surface area contributed by atoms with E-state index in [-0.39, 0.29) is 6.10 Å². The molecule has 2 atom stereocenters. The highest BCUT2D eigenvalue weighted by Gasteiger charge is 2.24. The van der Waals surface area contributed by atoms with E-state index >= 15 is 0 Å². The summed E-state index contributed by atoms with van der Waals surface area (Å²) in [6.07, 6.45) is 4.14. The molecule has 2 rings (SSSR count). The van der Waals surface area contributed by atoms with Crippen LogP contribution in [0.3, 0.4) is 0 Å². The zero-order valence-electron chi connectivity index (χ0n) is 11.4. The van der Waals surface area contributed by atoms with Crippen LogP contribution in [-0.4, -0.2) is 17.8 Å². The van der Waals surface area contributed by atoms with E-state index in [9.17, 15) is 5.11 Å². The summed E-state index contributed by atoms with van der Waals surface area (Å²) in [5.74, 6) is 1.94. The summed E-state index contributed by atoms with van der Waals surface area (Å²) in [5, 5.41) is 9.73. The molecule has 1 aliphatic rings. The van der Waals surface area contributed by atoms with Gasteiger partial charge >= 0.3 is 0 Å². The van der Waals surface area contributed by atoms with Crippen molar-refractivity contribution in [3.63, 3.8) is 0 Å². The molecule has 0 bridgehead atoms. The predicted molar refractivity (Wildman–Crippen MR) is 74.0 cm³/mol. The number of aliphatic hydroxyl groups excluding tert-OH is 1. The molecule has 1 fully saturated rings. The van der Waals surface area contributed by atoms with Crippen molar-refractivity contribution in [2.45, 2.75) is 51.6 Å². The Morgan fingerprint density at radius 3 is 2.50 bits per heavy atom. The van der Waals surface area contributed by atoms with Crippen molar-refractivity contribution in [2.75, 3.05) is 6.61 Å². The monoisotopic (exact) mass is 248 g/mol. The zero-order valence-corrected chi connectivity index (χ0v) is 11.4. The number of benzene rings is 1. The van der Waals surface area contributed by atoms with E-state index in [4.69, 9.17) is 4.74 Å². The smallest absolute Gasteiger partial charge is 0.119 e. The minimum atomic E-state index is -0.100. The molecule has 0 radical (unpaired) electrons. The number of hydrogen-bond donors (Lipinski definition) is 1. The van der Waals surface area contributed by atoms with Crippen LogP contribution in [0.1, 0.15) is 51.0 Å². The van der Waals surface area contributed by atoms with Gasteiger partial charge in [-0.25, -0.2) is 0 Å². The molecule has 2 unspecified atom stereocenters. The summed E-state index contributed by atoms with van der Waals surface area (Å²) >= 11 is 0. The van der Waals surface area contributed by atoms with Gasteiger partial charge in [0.05, 0.1) is 12.7 Å². The summed E-state index contributed by atoms with van der Waals surface area (Å²) in [5.41, 5.74) is 1.34. The molecule has 18 heavy (non-hydrogen) atoms. The van der Waals surface area contributed by atoms with E-state index in [1.165, 1.54) is 5.56 Å². The van der Waals surface area contributed by atoms with Gasteiger partial charge in [0.25, 0.3) is 0 Å². The molecule has 100 valence electrons. The summed E-state index contributed by atoms with van der Waals surface area (Å²) in [7, 11) is 0. The molecular formula is C16H24O2. The third kappa shape index (κ3) is 3.49. The Morgan fingerprint density at radius 1 is 1.22 bits per heavy atom. The maximum atomic E-state index is 9.73. The van der Waals surface area contributed by atoms with Gasteiger partial charge in [0.15, 0.2) is 0 Å². The second-order valence-electron chi connectivity index (χ2n) is 5.62. The average molecular weight is 248 g/mol. The van der Waals surface area contributed by atoms with E-state index < -0.39 is 0 Å². The first-order chi connectivity index (χ1) is 8.66. The van der Waals surface area contributed by atoms with Crippen LogP contribution in [0, 0.1) is 5.92 Å². The van der Waals surface area contributed by atoms with Crippen LogP contribution in [-0.2, 0) is 0 Å². The quantitative estimate of drug-likeness (QED) is 0.860. The summed E-state index contributed by atoms with van der Waals surface area (Å²) in [6.45, 7) is 5.09. The molecule has 0 amide bonds. The van der Waals surface area contributed by atoms with Crippen LogP contribution in [0.25, 0.3) is 0 Å². The van der Waals surface area contributed by atoms with Gasteiger partial charge in [-0.2, -0.15) is 0 Å². The number of ether oxygens (including phenoxy) is 1. The summed E-state index contributed by atoms with van der Waals surface area (Å²) < 4.78 is 5.74. The second kappa shape index (κ2) is 6.24. The molecule has 2 heteroatoms. The number of hydrogen-bond acceptors (Lipinski definition) is 2.